The first kappa shape index (κ1) is 15.7. The second-order valence-corrected chi connectivity index (χ2v) is 6.52. The topological polar surface area (TPSA) is 50.2 Å². The highest BCUT2D eigenvalue weighted by molar-refractivity contribution is 7.09. The molecule has 1 heterocycles. The lowest BCUT2D eigenvalue weighted by Crippen LogP contribution is -2.07. The van der Waals surface area contributed by atoms with Gasteiger partial charge in [-0.25, -0.2) is 4.98 Å². The Morgan fingerprint density at radius 2 is 1.91 bits per heavy atom. The van der Waals surface area contributed by atoms with Gasteiger partial charge in [-0.1, -0.05) is 48.0 Å². The third-order valence-electron chi connectivity index (χ3n) is 3.58. The van der Waals surface area contributed by atoms with Crippen LogP contribution in [0, 0.1) is 0 Å². The Hall–Kier alpha value is -2.17. The fraction of sp³-hybridized carbons (Fsp3) is 0.111. The van der Waals surface area contributed by atoms with Crippen LogP contribution in [0.4, 0.5) is 0 Å². The van der Waals surface area contributed by atoms with Gasteiger partial charge in [0.05, 0.1) is 6.42 Å². The highest BCUT2D eigenvalue weighted by Crippen LogP contribution is 2.32. The summed E-state index contributed by atoms with van der Waals surface area (Å²) in [6.07, 6.45) is 1.72. The van der Waals surface area contributed by atoms with Crippen LogP contribution in [-0.4, -0.2) is 16.1 Å². The Morgan fingerprint density at radius 3 is 2.57 bits per heavy atom. The normalized spacial score (nSPS) is 12.0. The van der Waals surface area contributed by atoms with Crippen molar-refractivity contribution >= 4 is 28.9 Å². The highest BCUT2D eigenvalue weighted by Gasteiger charge is 2.20. The molecule has 1 atom stereocenters. The van der Waals surface area contributed by atoms with Gasteiger partial charge in [0.25, 0.3) is 0 Å². The maximum Gasteiger partial charge on any atom is 0.304 e. The molecule has 0 aliphatic heterocycles. The fourth-order valence-corrected chi connectivity index (χ4v) is 3.49. The third kappa shape index (κ3) is 3.78. The minimum Gasteiger partial charge on any atom is -0.481 e. The molecule has 1 unspecified atom stereocenters. The van der Waals surface area contributed by atoms with Crippen LogP contribution in [-0.2, 0) is 4.79 Å². The summed E-state index contributed by atoms with van der Waals surface area (Å²) in [5.74, 6) is -1.08. The number of hydrogen-bond donors (Lipinski definition) is 1. The van der Waals surface area contributed by atoms with Crippen molar-refractivity contribution in [2.75, 3.05) is 0 Å². The molecule has 1 N–H and O–H groups in total. The summed E-state index contributed by atoms with van der Waals surface area (Å²) < 4.78 is 0. The highest BCUT2D eigenvalue weighted by atomic mass is 35.5. The number of carboxylic acid groups (broad SMARTS) is 1. The van der Waals surface area contributed by atoms with Gasteiger partial charge in [0.2, 0.25) is 0 Å². The van der Waals surface area contributed by atoms with Crippen molar-refractivity contribution in [2.45, 2.75) is 12.3 Å². The zero-order valence-corrected chi connectivity index (χ0v) is 13.7. The lowest BCUT2D eigenvalue weighted by molar-refractivity contribution is -0.137. The van der Waals surface area contributed by atoms with Crippen LogP contribution in [0.3, 0.4) is 0 Å². The van der Waals surface area contributed by atoms with Gasteiger partial charge in [0.1, 0.15) is 5.01 Å². The van der Waals surface area contributed by atoms with Gasteiger partial charge < -0.3 is 5.11 Å². The molecule has 0 aliphatic rings. The van der Waals surface area contributed by atoms with Gasteiger partial charge in [-0.05, 0) is 28.8 Å². The van der Waals surface area contributed by atoms with E-state index in [0.29, 0.717) is 5.02 Å². The molecule has 0 fully saturated rings. The quantitative estimate of drug-likeness (QED) is 0.703. The number of halogens is 1. The second-order valence-electron chi connectivity index (χ2n) is 5.16. The molecule has 3 rings (SSSR count). The van der Waals surface area contributed by atoms with E-state index >= 15 is 0 Å². The number of thiazole rings is 1. The SMILES string of the molecule is O=C(O)CC(c1cccc(-c2cccc(Cl)c2)c1)c1nccs1. The van der Waals surface area contributed by atoms with Crippen LogP contribution < -0.4 is 0 Å². The molecule has 0 radical (unpaired) electrons. The van der Waals surface area contributed by atoms with Crippen LogP contribution in [0.1, 0.15) is 22.9 Å². The number of rotatable bonds is 5. The van der Waals surface area contributed by atoms with Crippen molar-refractivity contribution in [3.8, 4) is 11.1 Å². The van der Waals surface area contributed by atoms with Crippen LogP contribution in [0.2, 0.25) is 5.02 Å². The van der Waals surface area contributed by atoms with Gasteiger partial charge in [-0.3, -0.25) is 4.79 Å². The van der Waals surface area contributed by atoms with Crippen LogP contribution in [0.5, 0.6) is 0 Å². The molecule has 0 aliphatic carbocycles. The Morgan fingerprint density at radius 1 is 1.17 bits per heavy atom. The van der Waals surface area contributed by atoms with Crippen molar-refractivity contribution in [1.82, 2.24) is 4.98 Å². The third-order valence-corrected chi connectivity index (χ3v) is 4.70. The first-order valence-corrected chi connectivity index (χ1v) is 8.36. The van der Waals surface area contributed by atoms with E-state index in [1.54, 1.807) is 6.20 Å². The van der Waals surface area contributed by atoms with E-state index in [4.69, 9.17) is 11.6 Å². The van der Waals surface area contributed by atoms with E-state index in [1.165, 1.54) is 11.3 Å². The summed E-state index contributed by atoms with van der Waals surface area (Å²) >= 11 is 7.54. The van der Waals surface area contributed by atoms with Crippen molar-refractivity contribution in [3.05, 3.63) is 75.7 Å². The minimum absolute atomic E-state index is 0.0203. The molecule has 0 spiro atoms. The predicted octanol–water partition coefficient (Wildman–Crippen LogP) is 5.07. The predicted molar refractivity (Wildman–Crippen MR) is 93.1 cm³/mol. The van der Waals surface area contributed by atoms with Gasteiger partial charge >= 0.3 is 5.97 Å². The van der Waals surface area contributed by atoms with Crippen molar-refractivity contribution in [2.24, 2.45) is 0 Å². The summed E-state index contributed by atoms with van der Waals surface area (Å²) in [5, 5.41) is 12.6. The number of benzene rings is 2. The molecule has 2 aromatic carbocycles. The van der Waals surface area contributed by atoms with E-state index in [9.17, 15) is 9.90 Å². The maximum atomic E-state index is 11.2. The Kier molecular flexibility index (Phi) is 4.74. The zero-order chi connectivity index (χ0) is 16.2. The van der Waals surface area contributed by atoms with Crippen molar-refractivity contribution in [3.63, 3.8) is 0 Å². The molecule has 0 amide bonds. The Balaban J connectivity index is 2.01. The second kappa shape index (κ2) is 6.94. The monoisotopic (exact) mass is 343 g/mol. The average Bonchev–Trinajstić information content (AvgIpc) is 3.07. The molecule has 23 heavy (non-hydrogen) atoms. The Labute approximate surface area is 143 Å². The van der Waals surface area contributed by atoms with Crippen LogP contribution in [0.25, 0.3) is 11.1 Å². The lowest BCUT2D eigenvalue weighted by Gasteiger charge is -2.14. The number of aliphatic carboxylic acids is 1. The van der Waals surface area contributed by atoms with E-state index in [-0.39, 0.29) is 12.3 Å². The lowest BCUT2D eigenvalue weighted by atomic mass is 9.93. The minimum atomic E-state index is -0.835. The summed E-state index contributed by atoms with van der Waals surface area (Å²) in [7, 11) is 0. The van der Waals surface area contributed by atoms with Gasteiger partial charge in [-0.15, -0.1) is 11.3 Å². The molecule has 0 bridgehead atoms. The van der Waals surface area contributed by atoms with Crippen molar-refractivity contribution in [1.29, 1.82) is 0 Å². The number of nitrogens with zero attached hydrogens (tertiary/aromatic N) is 1. The fourth-order valence-electron chi connectivity index (χ4n) is 2.53. The van der Waals surface area contributed by atoms with Crippen LogP contribution >= 0.6 is 22.9 Å². The molecule has 0 saturated carbocycles. The van der Waals surface area contributed by atoms with Crippen LogP contribution in [0.15, 0.2) is 60.1 Å². The van der Waals surface area contributed by atoms with Gasteiger partial charge in [-0.2, -0.15) is 0 Å². The summed E-state index contributed by atoms with van der Waals surface area (Å²) in [6, 6.07) is 15.5. The molecule has 116 valence electrons. The smallest absolute Gasteiger partial charge is 0.304 e. The summed E-state index contributed by atoms with van der Waals surface area (Å²) in [6.45, 7) is 0. The van der Waals surface area contributed by atoms with E-state index in [1.807, 2.05) is 53.9 Å². The number of carbonyl (C=O) groups is 1. The molecular formula is C18H14ClNO2S. The van der Waals surface area contributed by atoms with Gasteiger partial charge in [0.15, 0.2) is 0 Å². The largest absolute Gasteiger partial charge is 0.481 e. The first-order valence-electron chi connectivity index (χ1n) is 7.10. The van der Waals surface area contributed by atoms with Gasteiger partial charge in [0, 0.05) is 22.5 Å². The number of carboxylic acids is 1. The Bertz CT molecular complexity index is 817. The molecule has 0 saturated heterocycles. The summed E-state index contributed by atoms with van der Waals surface area (Å²) in [4.78, 5) is 15.5. The van der Waals surface area contributed by atoms with E-state index in [0.717, 1.165) is 21.7 Å². The standard InChI is InChI=1S/C18H14ClNO2S/c19-15-6-2-4-13(10-15)12-3-1-5-14(9-12)16(11-17(21)22)18-20-7-8-23-18/h1-10,16H,11H2,(H,21,22). The van der Waals surface area contributed by atoms with E-state index < -0.39 is 5.97 Å². The first-order chi connectivity index (χ1) is 11.1. The number of hydrogen-bond acceptors (Lipinski definition) is 3. The molecule has 3 aromatic rings. The maximum absolute atomic E-state index is 11.2. The van der Waals surface area contributed by atoms with Crippen molar-refractivity contribution < 1.29 is 9.90 Å². The molecule has 3 nitrogen and oxygen atoms in total. The van der Waals surface area contributed by atoms with E-state index in [2.05, 4.69) is 4.98 Å². The molecule has 1 aromatic heterocycles. The zero-order valence-electron chi connectivity index (χ0n) is 12.1. The molecular weight excluding hydrogens is 330 g/mol. The number of aromatic nitrogens is 1. The summed E-state index contributed by atoms with van der Waals surface area (Å²) in [5.41, 5.74) is 2.96. The average molecular weight is 344 g/mol. The molecule has 5 heteroatoms.